The van der Waals surface area contributed by atoms with Crippen LogP contribution < -0.4 is 20.1 Å². The SMILES string of the molecule is O=C(NC1CCCC1)NC1(C(F)(F)F)Oc2ccc(Cl)cc2O1. The maximum atomic E-state index is 13.4. The van der Waals surface area contributed by atoms with E-state index in [1.54, 1.807) is 5.32 Å². The predicted octanol–water partition coefficient (Wildman–Crippen LogP) is 3.57. The highest BCUT2D eigenvalue weighted by Gasteiger charge is 2.65. The number of urea groups is 1. The molecule has 1 fully saturated rings. The first-order chi connectivity index (χ1) is 10.8. The molecule has 1 aliphatic heterocycles. The van der Waals surface area contributed by atoms with Crippen molar-refractivity contribution in [1.82, 2.24) is 10.6 Å². The summed E-state index contributed by atoms with van der Waals surface area (Å²) in [6.45, 7) is 0. The average Bonchev–Trinajstić information content (AvgIpc) is 3.04. The maximum Gasteiger partial charge on any atom is 0.492 e. The summed E-state index contributed by atoms with van der Waals surface area (Å²) in [5.74, 6) is -3.59. The number of rotatable bonds is 2. The lowest BCUT2D eigenvalue weighted by atomic mass is 10.2. The number of alkyl halides is 3. The molecule has 2 aliphatic rings. The van der Waals surface area contributed by atoms with Crippen molar-refractivity contribution < 1.29 is 27.4 Å². The van der Waals surface area contributed by atoms with Crippen LogP contribution >= 0.6 is 11.6 Å². The largest absolute Gasteiger partial charge is 0.492 e. The molecule has 0 saturated heterocycles. The molecular weight excluding hydrogens is 337 g/mol. The second-order valence-electron chi connectivity index (χ2n) is 5.49. The summed E-state index contributed by atoms with van der Waals surface area (Å²) < 4.78 is 50.0. The Bertz CT molecular complexity index is 620. The molecule has 1 aliphatic carbocycles. The first kappa shape index (κ1) is 16.0. The highest BCUT2D eigenvalue weighted by atomic mass is 35.5. The molecule has 0 bridgehead atoms. The second kappa shape index (κ2) is 5.67. The van der Waals surface area contributed by atoms with Crippen molar-refractivity contribution in [3.8, 4) is 11.5 Å². The fourth-order valence-electron chi connectivity index (χ4n) is 2.66. The van der Waals surface area contributed by atoms with Gasteiger partial charge in [-0.25, -0.2) is 4.79 Å². The number of carbonyl (C=O) groups excluding carboxylic acids is 1. The summed E-state index contributed by atoms with van der Waals surface area (Å²) in [7, 11) is 0. The summed E-state index contributed by atoms with van der Waals surface area (Å²) in [5.41, 5.74) is 0. The zero-order chi connectivity index (χ0) is 16.7. The van der Waals surface area contributed by atoms with Crippen molar-refractivity contribution in [2.45, 2.75) is 43.8 Å². The molecule has 1 atom stereocenters. The van der Waals surface area contributed by atoms with E-state index in [-0.39, 0.29) is 22.6 Å². The molecule has 0 aromatic heterocycles. The van der Waals surface area contributed by atoms with Crippen LogP contribution in [0, 0.1) is 0 Å². The van der Waals surface area contributed by atoms with Crippen LogP contribution in [0.1, 0.15) is 25.7 Å². The maximum absolute atomic E-state index is 13.4. The van der Waals surface area contributed by atoms with Gasteiger partial charge in [0, 0.05) is 17.1 Å². The van der Waals surface area contributed by atoms with E-state index in [4.69, 9.17) is 21.1 Å². The van der Waals surface area contributed by atoms with Gasteiger partial charge in [0.05, 0.1) is 0 Å². The van der Waals surface area contributed by atoms with Crippen LogP contribution in [0.25, 0.3) is 0 Å². The van der Waals surface area contributed by atoms with Crippen LogP contribution in [0.5, 0.6) is 11.5 Å². The Balaban J connectivity index is 1.78. The molecule has 3 rings (SSSR count). The number of benzene rings is 1. The number of nitrogens with one attached hydrogen (secondary N) is 2. The van der Waals surface area contributed by atoms with Gasteiger partial charge in [0.25, 0.3) is 0 Å². The second-order valence-corrected chi connectivity index (χ2v) is 5.93. The highest BCUT2D eigenvalue weighted by Crippen LogP contribution is 2.46. The molecule has 0 spiro atoms. The van der Waals surface area contributed by atoms with E-state index in [9.17, 15) is 18.0 Å². The number of ether oxygens (including phenoxy) is 2. The van der Waals surface area contributed by atoms with Gasteiger partial charge in [-0.1, -0.05) is 24.4 Å². The number of hydrogen-bond acceptors (Lipinski definition) is 3. The van der Waals surface area contributed by atoms with Gasteiger partial charge in [0.2, 0.25) is 0 Å². The van der Waals surface area contributed by atoms with Gasteiger partial charge in [-0.05, 0) is 25.0 Å². The lowest BCUT2D eigenvalue weighted by molar-refractivity contribution is -0.317. The van der Waals surface area contributed by atoms with Crippen molar-refractivity contribution >= 4 is 17.6 Å². The Morgan fingerprint density at radius 2 is 1.87 bits per heavy atom. The topological polar surface area (TPSA) is 59.6 Å². The quantitative estimate of drug-likeness (QED) is 0.857. The third-order valence-electron chi connectivity index (χ3n) is 3.75. The summed E-state index contributed by atoms with van der Waals surface area (Å²) in [6, 6.07) is 2.68. The molecule has 1 unspecified atom stereocenters. The number of carbonyl (C=O) groups is 1. The molecule has 0 radical (unpaired) electrons. The van der Waals surface area contributed by atoms with Crippen molar-refractivity contribution in [2.24, 2.45) is 0 Å². The number of hydrogen-bond donors (Lipinski definition) is 2. The van der Waals surface area contributed by atoms with Crippen LogP contribution in [0.4, 0.5) is 18.0 Å². The third kappa shape index (κ3) is 3.12. The monoisotopic (exact) mass is 350 g/mol. The van der Waals surface area contributed by atoms with Gasteiger partial charge >= 0.3 is 18.1 Å². The average molecular weight is 351 g/mol. The van der Waals surface area contributed by atoms with E-state index in [0.717, 1.165) is 25.7 Å². The minimum absolute atomic E-state index is 0.140. The van der Waals surface area contributed by atoms with E-state index in [0.29, 0.717) is 0 Å². The molecule has 9 heteroatoms. The van der Waals surface area contributed by atoms with Gasteiger partial charge in [-0.2, -0.15) is 13.2 Å². The lowest BCUT2D eigenvalue weighted by Gasteiger charge is -2.30. The minimum Gasteiger partial charge on any atom is -0.424 e. The van der Waals surface area contributed by atoms with Crippen LogP contribution in [0.3, 0.4) is 0 Å². The molecule has 1 saturated carbocycles. The molecular formula is C14H14ClF3N2O3. The fraction of sp³-hybridized carbons (Fsp3) is 0.500. The van der Waals surface area contributed by atoms with Crippen LogP contribution in [-0.2, 0) is 0 Å². The van der Waals surface area contributed by atoms with Crippen molar-refractivity contribution in [3.63, 3.8) is 0 Å². The van der Waals surface area contributed by atoms with E-state index >= 15 is 0 Å². The van der Waals surface area contributed by atoms with E-state index < -0.39 is 18.1 Å². The van der Waals surface area contributed by atoms with Crippen molar-refractivity contribution in [1.29, 1.82) is 0 Å². The van der Waals surface area contributed by atoms with Crippen LogP contribution in [0.2, 0.25) is 5.02 Å². The molecule has 1 aromatic rings. The van der Waals surface area contributed by atoms with E-state index in [1.165, 1.54) is 18.2 Å². The predicted molar refractivity (Wildman–Crippen MR) is 75.4 cm³/mol. The normalized spacial score (nSPS) is 23.8. The molecule has 1 heterocycles. The van der Waals surface area contributed by atoms with Gasteiger partial charge < -0.3 is 14.8 Å². The standard InChI is InChI=1S/C14H14ClF3N2O3/c15-8-5-6-10-11(7-8)23-14(22-10,13(16,17)18)20-12(21)19-9-3-1-2-4-9/h5-7,9H,1-4H2,(H2,19,20,21). The summed E-state index contributed by atoms with van der Waals surface area (Å²) in [5, 5.41) is 4.46. The molecule has 126 valence electrons. The molecule has 1 aromatic carbocycles. The van der Waals surface area contributed by atoms with Crippen LogP contribution in [-0.4, -0.2) is 24.2 Å². The summed E-state index contributed by atoms with van der Waals surface area (Å²) >= 11 is 5.73. The van der Waals surface area contributed by atoms with Gasteiger partial charge in [0.15, 0.2) is 11.5 Å². The zero-order valence-electron chi connectivity index (χ0n) is 11.9. The number of halogens is 4. The summed E-state index contributed by atoms with van der Waals surface area (Å²) in [4.78, 5) is 11.9. The van der Waals surface area contributed by atoms with E-state index in [1.807, 2.05) is 0 Å². The number of amides is 2. The highest BCUT2D eigenvalue weighted by molar-refractivity contribution is 6.30. The Morgan fingerprint density at radius 3 is 2.52 bits per heavy atom. The molecule has 2 amide bonds. The van der Waals surface area contributed by atoms with Crippen molar-refractivity contribution in [3.05, 3.63) is 23.2 Å². The Morgan fingerprint density at radius 1 is 1.22 bits per heavy atom. The van der Waals surface area contributed by atoms with Gasteiger partial charge in [-0.15, -0.1) is 0 Å². The number of fused-ring (bicyclic) bond motifs is 1. The van der Waals surface area contributed by atoms with Gasteiger partial charge in [0.1, 0.15) is 0 Å². The fourth-order valence-corrected chi connectivity index (χ4v) is 2.82. The molecule has 5 nitrogen and oxygen atoms in total. The third-order valence-corrected chi connectivity index (χ3v) is 3.99. The first-order valence-corrected chi connectivity index (χ1v) is 7.50. The van der Waals surface area contributed by atoms with E-state index in [2.05, 4.69) is 5.32 Å². The van der Waals surface area contributed by atoms with Gasteiger partial charge in [-0.3, -0.25) is 5.32 Å². The lowest BCUT2D eigenvalue weighted by Crippen LogP contribution is -2.66. The Hall–Kier alpha value is -1.83. The first-order valence-electron chi connectivity index (χ1n) is 7.12. The molecule has 2 N–H and O–H groups in total. The Labute approximate surface area is 135 Å². The van der Waals surface area contributed by atoms with Crippen LogP contribution in [0.15, 0.2) is 18.2 Å². The Kier molecular flexibility index (Phi) is 3.95. The van der Waals surface area contributed by atoms with Crippen molar-refractivity contribution in [2.75, 3.05) is 0 Å². The molecule has 23 heavy (non-hydrogen) atoms. The minimum atomic E-state index is -4.98. The smallest absolute Gasteiger partial charge is 0.424 e. The summed E-state index contributed by atoms with van der Waals surface area (Å²) in [6.07, 6.45) is -1.63. The zero-order valence-corrected chi connectivity index (χ0v) is 12.6.